The van der Waals surface area contributed by atoms with Crippen molar-refractivity contribution < 1.29 is 8.78 Å². The van der Waals surface area contributed by atoms with E-state index in [-0.39, 0.29) is 6.42 Å². The normalized spacial score (nSPS) is 16.8. The van der Waals surface area contributed by atoms with Crippen LogP contribution in [-0.4, -0.2) is 5.67 Å². The van der Waals surface area contributed by atoms with E-state index in [1.807, 2.05) is 6.07 Å². The van der Waals surface area contributed by atoms with Crippen LogP contribution in [0.3, 0.4) is 0 Å². The maximum Gasteiger partial charge on any atom is 0.133 e. The van der Waals surface area contributed by atoms with Crippen LogP contribution in [0.2, 0.25) is 0 Å². The van der Waals surface area contributed by atoms with Crippen LogP contribution in [0.4, 0.5) is 8.78 Å². The van der Waals surface area contributed by atoms with Crippen LogP contribution in [0.1, 0.15) is 24.5 Å². The minimum atomic E-state index is -1.68. The van der Waals surface area contributed by atoms with Crippen LogP contribution in [-0.2, 0) is 0 Å². The third-order valence-electron chi connectivity index (χ3n) is 9.74. The van der Waals surface area contributed by atoms with Gasteiger partial charge >= 0.3 is 0 Å². The highest BCUT2D eigenvalue weighted by Gasteiger charge is 2.27. The molecular formula is C44H30F2S. The van der Waals surface area contributed by atoms with E-state index in [0.717, 1.165) is 22.4 Å². The molecule has 1 aliphatic carbocycles. The number of hydrogen-bond donors (Lipinski definition) is 0. The lowest BCUT2D eigenvalue weighted by Gasteiger charge is -2.22. The molecule has 0 fully saturated rings. The number of fused-ring (bicyclic) bond motifs is 9. The summed E-state index contributed by atoms with van der Waals surface area (Å²) in [5.41, 5.74) is 5.91. The maximum absolute atomic E-state index is 14.7. The van der Waals surface area contributed by atoms with E-state index >= 15 is 0 Å². The Morgan fingerprint density at radius 3 is 1.83 bits per heavy atom. The Morgan fingerprint density at radius 2 is 1.13 bits per heavy atom. The molecule has 226 valence electrons. The van der Waals surface area contributed by atoms with Gasteiger partial charge in [-0.3, -0.25) is 0 Å². The number of aryl methyl sites for hydroxylation is 1. The predicted octanol–water partition coefficient (Wildman–Crippen LogP) is 13.5. The van der Waals surface area contributed by atoms with Crippen LogP contribution >= 0.6 is 11.3 Å². The van der Waals surface area contributed by atoms with Crippen molar-refractivity contribution in [1.29, 1.82) is 0 Å². The number of benzene rings is 7. The number of allylic oxidation sites excluding steroid dienone is 4. The molecule has 1 heterocycles. The van der Waals surface area contributed by atoms with E-state index in [1.54, 1.807) is 11.3 Å². The summed E-state index contributed by atoms with van der Waals surface area (Å²) in [4.78, 5) is 0. The van der Waals surface area contributed by atoms with E-state index < -0.39 is 11.5 Å². The Hall–Kier alpha value is -5.12. The molecule has 0 N–H and O–H groups in total. The minimum absolute atomic E-state index is 0.167. The Balaban J connectivity index is 1.09. The van der Waals surface area contributed by atoms with Gasteiger partial charge in [-0.1, -0.05) is 97.1 Å². The molecule has 3 heteroatoms. The van der Waals surface area contributed by atoms with Gasteiger partial charge in [-0.05, 0) is 122 Å². The van der Waals surface area contributed by atoms with E-state index in [1.165, 1.54) is 82.5 Å². The zero-order chi connectivity index (χ0) is 31.9. The zero-order valence-electron chi connectivity index (χ0n) is 26.1. The van der Waals surface area contributed by atoms with Gasteiger partial charge < -0.3 is 0 Å². The molecule has 1 unspecified atom stereocenters. The summed E-state index contributed by atoms with van der Waals surface area (Å²) >= 11 is 1.75. The monoisotopic (exact) mass is 628 g/mol. The highest BCUT2D eigenvalue weighted by atomic mass is 32.1. The van der Waals surface area contributed by atoms with Crippen LogP contribution in [0.25, 0.3) is 80.3 Å². The smallest absolute Gasteiger partial charge is 0.133 e. The Labute approximate surface area is 275 Å². The highest BCUT2D eigenvalue weighted by Crippen LogP contribution is 2.42. The summed E-state index contributed by atoms with van der Waals surface area (Å²) in [6.07, 6.45) is 2.69. The molecule has 1 aliphatic rings. The molecule has 0 radical (unpaired) electrons. The van der Waals surface area contributed by atoms with E-state index in [4.69, 9.17) is 0 Å². The second-order valence-corrected chi connectivity index (χ2v) is 14.1. The Kier molecular flexibility index (Phi) is 6.25. The average molecular weight is 629 g/mol. The SMILES string of the molecule is Cc1cc(-c2ccc3c(c2)sc2ccc(C4=CC(F)=CC(C)(F)C4)cc23)ccc1-c1ccc2c3ccccc3c3ccccc3c2c1. The molecule has 0 bridgehead atoms. The quantitative estimate of drug-likeness (QED) is 0.171. The first-order chi connectivity index (χ1) is 22.8. The highest BCUT2D eigenvalue weighted by molar-refractivity contribution is 7.25. The van der Waals surface area contributed by atoms with Crippen LogP contribution < -0.4 is 0 Å². The van der Waals surface area contributed by atoms with E-state index in [9.17, 15) is 8.78 Å². The third-order valence-corrected chi connectivity index (χ3v) is 10.9. The van der Waals surface area contributed by atoms with Crippen molar-refractivity contribution >= 4 is 69.4 Å². The van der Waals surface area contributed by atoms with Gasteiger partial charge in [-0.2, -0.15) is 0 Å². The van der Waals surface area contributed by atoms with Crippen molar-refractivity contribution in [2.75, 3.05) is 0 Å². The first kappa shape index (κ1) is 28.1. The molecule has 47 heavy (non-hydrogen) atoms. The summed E-state index contributed by atoms with van der Waals surface area (Å²) in [5.74, 6) is -0.514. The minimum Gasteiger partial charge on any atom is -0.239 e. The number of hydrogen-bond acceptors (Lipinski definition) is 1. The van der Waals surface area contributed by atoms with Gasteiger partial charge in [0, 0.05) is 26.6 Å². The van der Waals surface area contributed by atoms with Crippen LogP contribution in [0.5, 0.6) is 0 Å². The molecule has 8 aromatic rings. The van der Waals surface area contributed by atoms with Crippen molar-refractivity contribution in [2.24, 2.45) is 0 Å². The predicted molar refractivity (Wildman–Crippen MR) is 199 cm³/mol. The van der Waals surface area contributed by atoms with E-state index in [2.05, 4.69) is 122 Å². The summed E-state index contributed by atoms with van der Waals surface area (Å²) in [5, 5.41) is 9.98. The molecule has 0 nitrogen and oxygen atoms in total. The Morgan fingerprint density at radius 1 is 0.553 bits per heavy atom. The number of thiophene rings is 1. The molecule has 9 rings (SSSR count). The summed E-state index contributed by atoms with van der Waals surface area (Å²) < 4.78 is 31.3. The molecule has 0 saturated heterocycles. The fraction of sp³-hybridized carbons (Fsp3) is 0.0909. The fourth-order valence-electron chi connectivity index (χ4n) is 7.55. The van der Waals surface area contributed by atoms with Gasteiger partial charge in [-0.15, -0.1) is 11.3 Å². The van der Waals surface area contributed by atoms with Gasteiger partial charge in [0.05, 0.1) is 0 Å². The zero-order valence-corrected chi connectivity index (χ0v) is 26.9. The first-order valence-corrected chi connectivity index (χ1v) is 16.8. The van der Waals surface area contributed by atoms with Crippen molar-refractivity contribution in [1.82, 2.24) is 0 Å². The molecule has 7 aromatic carbocycles. The van der Waals surface area contributed by atoms with Gasteiger partial charge in [0.1, 0.15) is 11.5 Å². The van der Waals surface area contributed by atoms with Crippen molar-refractivity contribution in [3.05, 3.63) is 150 Å². The maximum atomic E-state index is 14.7. The first-order valence-electron chi connectivity index (χ1n) is 16.0. The van der Waals surface area contributed by atoms with Gasteiger partial charge in [0.15, 0.2) is 0 Å². The summed E-state index contributed by atoms with van der Waals surface area (Å²) in [6, 6.07) is 43.8. The topological polar surface area (TPSA) is 0 Å². The van der Waals surface area contributed by atoms with Crippen molar-refractivity contribution in [3.63, 3.8) is 0 Å². The lowest BCUT2D eigenvalue weighted by atomic mass is 9.88. The van der Waals surface area contributed by atoms with Crippen molar-refractivity contribution in [2.45, 2.75) is 25.9 Å². The lowest BCUT2D eigenvalue weighted by molar-refractivity contribution is 0.258. The van der Waals surface area contributed by atoms with Gasteiger partial charge in [0.2, 0.25) is 0 Å². The second kappa shape index (κ2) is 10.4. The van der Waals surface area contributed by atoms with Crippen LogP contribution in [0.15, 0.2) is 139 Å². The standard InChI is InChI=1S/C44H30F2S/c1-26-19-27(11-15-33(26)30-13-16-38-36-9-4-3-7-34(36)35-8-5-6-10-37(35)40(38)22-30)29-12-17-39-41-21-28(14-18-42(41)47-43(39)23-29)31-20-32(45)25-44(2,46)24-31/h3-23,25H,24H2,1-2H3. The second-order valence-electron chi connectivity index (χ2n) is 13.1. The van der Waals surface area contributed by atoms with Crippen molar-refractivity contribution in [3.8, 4) is 22.3 Å². The Bertz CT molecular complexity index is 2620. The molecule has 0 aliphatic heterocycles. The largest absolute Gasteiger partial charge is 0.239 e. The third kappa shape index (κ3) is 4.68. The van der Waals surface area contributed by atoms with Crippen LogP contribution in [0, 0.1) is 6.92 Å². The summed E-state index contributed by atoms with van der Waals surface area (Å²) in [7, 11) is 0. The lowest BCUT2D eigenvalue weighted by Crippen LogP contribution is -2.18. The summed E-state index contributed by atoms with van der Waals surface area (Å²) in [6.45, 7) is 3.63. The number of rotatable bonds is 3. The van der Waals surface area contributed by atoms with Gasteiger partial charge in [0.25, 0.3) is 0 Å². The molecular weight excluding hydrogens is 599 g/mol. The van der Waals surface area contributed by atoms with E-state index in [0.29, 0.717) is 5.57 Å². The molecule has 1 atom stereocenters. The number of halogens is 2. The molecule has 0 saturated carbocycles. The van der Waals surface area contributed by atoms with Gasteiger partial charge in [-0.25, -0.2) is 8.78 Å². The molecule has 0 spiro atoms. The molecule has 0 amide bonds. The molecule has 1 aromatic heterocycles. The fourth-order valence-corrected chi connectivity index (χ4v) is 8.68. The average Bonchev–Trinajstić information content (AvgIpc) is 3.44. The number of alkyl halides is 1.